The van der Waals surface area contributed by atoms with Gasteiger partial charge in [0.15, 0.2) is 0 Å². The van der Waals surface area contributed by atoms with Gasteiger partial charge in [0.1, 0.15) is 11.4 Å². The number of nitrogens with zero attached hydrogens (tertiary/aromatic N) is 1. The number of amides is 3. The van der Waals surface area contributed by atoms with Crippen molar-refractivity contribution < 1.29 is 18.8 Å². The van der Waals surface area contributed by atoms with Crippen LogP contribution in [0.1, 0.15) is 16.7 Å². The second-order valence-electron chi connectivity index (χ2n) is 10.3. The van der Waals surface area contributed by atoms with Crippen LogP contribution in [0.15, 0.2) is 60.8 Å². The third kappa shape index (κ3) is 3.28. The summed E-state index contributed by atoms with van der Waals surface area (Å²) in [7, 11) is 0. The summed E-state index contributed by atoms with van der Waals surface area (Å²) >= 11 is 12.5. The van der Waals surface area contributed by atoms with Crippen molar-refractivity contribution in [3.05, 3.63) is 93.3 Å². The number of H-pyrrole nitrogens is 1. The van der Waals surface area contributed by atoms with Crippen LogP contribution in [-0.4, -0.2) is 28.7 Å². The highest BCUT2D eigenvalue weighted by Crippen LogP contribution is 2.55. The Morgan fingerprint density at radius 2 is 1.82 bits per heavy atom. The Kier molecular flexibility index (Phi) is 5.23. The van der Waals surface area contributed by atoms with Crippen LogP contribution in [0.25, 0.3) is 10.9 Å². The van der Waals surface area contributed by atoms with Crippen molar-refractivity contribution in [2.75, 3.05) is 10.2 Å². The van der Waals surface area contributed by atoms with E-state index in [1.807, 2.05) is 37.4 Å². The number of carbonyl (C=O) groups excluding carboxylic acids is 3. The molecule has 3 aliphatic rings. The van der Waals surface area contributed by atoms with E-state index in [1.54, 1.807) is 12.1 Å². The topological polar surface area (TPSA) is 94.3 Å². The fraction of sp³-hybridized carbons (Fsp3) is 0.207. The molecule has 7 rings (SSSR count). The molecule has 2 fully saturated rings. The third-order valence-corrected chi connectivity index (χ3v) is 8.77. The fourth-order valence-corrected chi connectivity index (χ4v) is 7.07. The van der Waals surface area contributed by atoms with Gasteiger partial charge in [-0.25, -0.2) is 9.29 Å². The van der Waals surface area contributed by atoms with E-state index in [0.29, 0.717) is 22.7 Å². The van der Waals surface area contributed by atoms with E-state index in [9.17, 15) is 18.8 Å². The molecule has 0 saturated carbocycles. The van der Waals surface area contributed by atoms with Gasteiger partial charge in [-0.2, -0.15) is 0 Å². The maximum atomic E-state index is 14.1. The Bertz CT molecular complexity index is 1750. The van der Waals surface area contributed by atoms with Gasteiger partial charge >= 0.3 is 0 Å². The molecule has 3 aromatic carbocycles. The Labute approximate surface area is 232 Å². The van der Waals surface area contributed by atoms with Crippen LogP contribution in [0.2, 0.25) is 10.0 Å². The zero-order chi connectivity index (χ0) is 27.2. The summed E-state index contributed by atoms with van der Waals surface area (Å²) in [5.74, 6) is -4.03. The van der Waals surface area contributed by atoms with Gasteiger partial charge in [0.05, 0.1) is 22.5 Å². The molecular formula is C29H21Cl2FN4O3. The number of aryl methyl sites for hydroxylation is 1. The number of nitrogens with one attached hydrogen (secondary N) is 3. The number of imide groups is 1. The number of carbonyl (C=O) groups is 3. The van der Waals surface area contributed by atoms with Gasteiger partial charge in [0.2, 0.25) is 17.7 Å². The lowest BCUT2D eigenvalue weighted by Crippen LogP contribution is -2.53. The highest BCUT2D eigenvalue weighted by Gasteiger charge is 2.70. The van der Waals surface area contributed by atoms with E-state index in [2.05, 4.69) is 15.6 Å². The quantitative estimate of drug-likeness (QED) is 0.303. The number of para-hydroxylation sites is 1. The standard InChI is InChI=1S/C29H21Cl2FN4O3/c1-13-8-15(30)10-18-25(13)34-28(39)29(18)24-23(22(35-29)9-14-12-33-21-5-3-2-4-17(14)21)26(37)36(27(24)38)16-6-7-20(32)19(31)11-16/h2-8,10-12,22-24,33,35H,9H2,1H3,(H,34,39). The van der Waals surface area contributed by atoms with Crippen molar-refractivity contribution in [2.45, 2.75) is 24.9 Å². The van der Waals surface area contributed by atoms with Crippen molar-refractivity contribution in [1.29, 1.82) is 0 Å². The predicted octanol–water partition coefficient (Wildman–Crippen LogP) is 5.09. The van der Waals surface area contributed by atoms with Gasteiger partial charge in [-0.15, -0.1) is 0 Å². The van der Waals surface area contributed by atoms with Crippen LogP contribution < -0.4 is 15.5 Å². The lowest BCUT2D eigenvalue weighted by molar-refractivity contribution is -0.130. The molecule has 0 bridgehead atoms. The molecule has 1 aromatic heterocycles. The largest absolute Gasteiger partial charge is 0.361 e. The number of hydrogen-bond acceptors (Lipinski definition) is 4. The van der Waals surface area contributed by atoms with Crippen molar-refractivity contribution in [2.24, 2.45) is 11.8 Å². The average Bonchev–Trinajstić information content (AvgIpc) is 3.61. The summed E-state index contributed by atoms with van der Waals surface area (Å²) in [5.41, 5.74) is 2.40. The molecule has 7 nitrogen and oxygen atoms in total. The van der Waals surface area contributed by atoms with Gasteiger partial charge < -0.3 is 10.3 Å². The van der Waals surface area contributed by atoms with Crippen LogP contribution in [0.4, 0.5) is 15.8 Å². The number of rotatable bonds is 3. The first-order valence-corrected chi connectivity index (χ1v) is 13.2. The minimum absolute atomic E-state index is 0.160. The van der Waals surface area contributed by atoms with Crippen LogP contribution in [0.5, 0.6) is 0 Å². The molecule has 3 amide bonds. The molecule has 1 spiro atoms. The number of aromatic nitrogens is 1. The molecule has 39 heavy (non-hydrogen) atoms. The highest BCUT2D eigenvalue weighted by molar-refractivity contribution is 6.32. The van der Waals surface area contributed by atoms with Gasteiger partial charge in [-0.1, -0.05) is 41.4 Å². The number of aromatic amines is 1. The van der Waals surface area contributed by atoms with E-state index < -0.39 is 47.0 Å². The molecule has 0 aliphatic carbocycles. The Balaban J connectivity index is 1.40. The highest BCUT2D eigenvalue weighted by atomic mass is 35.5. The smallest absolute Gasteiger partial charge is 0.250 e. The Hall–Kier alpha value is -3.72. The molecule has 3 N–H and O–H groups in total. The van der Waals surface area contributed by atoms with E-state index in [4.69, 9.17) is 23.2 Å². The molecular weight excluding hydrogens is 542 g/mol. The van der Waals surface area contributed by atoms with Crippen molar-refractivity contribution in [1.82, 2.24) is 10.3 Å². The van der Waals surface area contributed by atoms with E-state index in [1.165, 1.54) is 12.1 Å². The number of halogens is 3. The monoisotopic (exact) mass is 562 g/mol. The minimum atomic E-state index is -1.52. The second kappa shape index (κ2) is 8.39. The first kappa shape index (κ1) is 24.3. The SMILES string of the molecule is Cc1cc(Cl)cc2c1NC(=O)C21NC(Cc2c[nH]c3ccccc23)C2C(=O)N(c3ccc(F)c(Cl)c3)C(=O)C21. The fourth-order valence-electron chi connectivity index (χ4n) is 6.62. The van der Waals surface area contributed by atoms with Crippen molar-refractivity contribution in [3.8, 4) is 0 Å². The number of anilines is 2. The third-order valence-electron chi connectivity index (χ3n) is 8.26. The van der Waals surface area contributed by atoms with Gasteiger partial charge in [-0.3, -0.25) is 19.7 Å². The van der Waals surface area contributed by atoms with Crippen LogP contribution in [-0.2, 0) is 26.3 Å². The van der Waals surface area contributed by atoms with Crippen LogP contribution >= 0.6 is 23.2 Å². The maximum absolute atomic E-state index is 14.1. The zero-order valence-electron chi connectivity index (χ0n) is 20.5. The lowest BCUT2D eigenvalue weighted by atomic mass is 9.76. The summed E-state index contributed by atoms with van der Waals surface area (Å²) in [6.07, 6.45) is 2.26. The summed E-state index contributed by atoms with van der Waals surface area (Å²) in [6.45, 7) is 1.83. The molecule has 3 aliphatic heterocycles. The predicted molar refractivity (Wildman–Crippen MR) is 146 cm³/mol. The summed E-state index contributed by atoms with van der Waals surface area (Å²) < 4.78 is 13.9. The molecule has 4 heterocycles. The molecule has 4 unspecified atom stereocenters. The van der Waals surface area contributed by atoms with E-state index in [0.717, 1.165) is 33.0 Å². The average molecular weight is 563 g/mol. The van der Waals surface area contributed by atoms with Crippen molar-refractivity contribution >= 4 is 63.2 Å². The van der Waals surface area contributed by atoms with Crippen LogP contribution in [0, 0.1) is 24.6 Å². The van der Waals surface area contributed by atoms with Crippen molar-refractivity contribution in [3.63, 3.8) is 0 Å². The molecule has 4 atom stereocenters. The Morgan fingerprint density at radius 3 is 2.62 bits per heavy atom. The van der Waals surface area contributed by atoms with Gasteiger partial charge in [0.25, 0.3) is 0 Å². The molecule has 4 aromatic rings. The molecule has 196 valence electrons. The minimum Gasteiger partial charge on any atom is -0.361 e. The maximum Gasteiger partial charge on any atom is 0.250 e. The van der Waals surface area contributed by atoms with Gasteiger partial charge in [-0.05, 0) is 60.9 Å². The number of hydrogen-bond donors (Lipinski definition) is 3. The number of benzene rings is 3. The van der Waals surface area contributed by atoms with Crippen LogP contribution in [0.3, 0.4) is 0 Å². The summed E-state index contributed by atoms with van der Waals surface area (Å²) in [4.78, 5) is 46.3. The van der Waals surface area contributed by atoms with Gasteiger partial charge in [0, 0.05) is 39.4 Å². The number of fused-ring (bicyclic) bond motifs is 5. The molecule has 2 saturated heterocycles. The first-order chi connectivity index (χ1) is 18.7. The summed E-state index contributed by atoms with van der Waals surface area (Å²) in [5, 5.41) is 7.58. The normalized spacial score (nSPS) is 25.6. The first-order valence-electron chi connectivity index (χ1n) is 12.5. The van der Waals surface area contributed by atoms with E-state index in [-0.39, 0.29) is 10.7 Å². The molecule has 10 heteroatoms. The van der Waals surface area contributed by atoms with E-state index >= 15 is 0 Å². The zero-order valence-corrected chi connectivity index (χ0v) is 22.0. The Morgan fingerprint density at radius 1 is 1.03 bits per heavy atom. The lowest BCUT2D eigenvalue weighted by Gasteiger charge is -2.29. The molecule has 0 radical (unpaired) electrons. The summed E-state index contributed by atoms with van der Waals surface area (Å²) in [6, 6.07) is 14.4. The second-order valence-corrected chi connectivity index (χ2v) is 11.2.